The minimum atomic E-state index is -1.25. The molecule has 0 bridgehead atoms. The van der Waals surface area contributed by atoms with E-state index in [1.165, 1.54) is 12.1 Å². The van der Waals surface area contributed by atoms with Crippen LogP contribution in [0.5, 0.6) is 0 Å². The first-order valence-electron chi connectivity index (χ1n) is 5.07. The van der Waals surface area contributed by atoms with E-state index in [4.69, 9.17) is 5.26 Å². The minimum absolute atomic E-state index is 0.0859. The smallest absolute Gasteiger partial charge is 0.123 e. The second kappa shape index (κ2) is 4.58. The average Bonchev–Trinajstić information content (AvgIpc) is 2.14. The van der Waals surface area contributed by atoms with Gasteiger partial charge in [0.2, 0.25) is 0 Å². The predicted molar refractivity (Wildman–Crippen MR) is 62.9 cm³/mol. The highest BCUT2D eigenvalue weighted by Crippen LogP contribution is 2.25. The van der Waals surface area contributed by atoms with E-state index in [9.17, 15) is 4.39 Å². The van der Waals surface area contributed by atoms with E-state index in [-0.39, 0.29) is 11.7 Å². The van der Waals surface area contributed by atoms with Crippen molar-refractivity contribution < 1.29 is 4.39 Å². The van der Waals surface area contributed by atoms with E-state index in [0.29, 0.717) is 0 Å². The molecule has 0 aromatic heterocycles. The van der Waals surface area contributed by atoms with Gasteiger partial charge in [-0.3, -0.25) is 0 Å². The summed E-state index contributed by atoms with van der Waals surface area (Å²) in [6.07, 6.45) is 0. The Kier molecular flexibility index (Phi) is 3.65. The highest BCUT2D eigenvalue weighted by atomic mass is 28.3. The number of rotatable bonds is 3. The molecule has 0 radical (unpaired) electrons. The van der Waals surface area contributed by atoms with Gasteiger partial charge in [0.1, 0.15) is 5.82 Å². The zero-order valence-corrected chi connectivity index (χ0v) is 10.4. The Hall–Kier alpha value is -1.14. The van der Waals surface area contributed by atoms with E-state index >= 15 is 0 Å². The predicted octanol–water partition coefficient (Wildman–Crippen LogP) is 3.77. The Morgan fingerprint density at radius 2 is 1.80 bits per heavy atom. The fourth-order valence-corrected chi connectivity index (χ4v) is 3.10. The molecule has 0 fully saturated rings. The van der Waals surface area contributed by atoms with E-state index in [2.05, 4.69) is 25.7 Å². The molecule has 0 N–H and O–H groups in total. The number of halogens is 1. The molecular weight excluding hydrogens is 205 g/mol. The summed E-state index contributed by atoms with van der Waals surface area (Å²) in [6, 6.07) is 9.50. The van der Waals surface area contributed by atoms with Crippen LogP contribution in [0.15, 0.2) is 24.3 Å². The van der Waals surface area contributed by atoms with Gasteiger partial charge >= 0.3 is 0 Å². The fourth-order valence-electron chi connectivity index (χ4n) is 1.55. The molecule has 1 nitrogen and oxygen atoms in total. The largest absolute Gasteiger partial charge is 0.207 e. The lowest BCUT2D eigenvalue weighted by Gasteiger charge is -2.19. The summed E-state index contributed by atoms with van der Waals surface area (Å²) in [4.78, 5) is 0. The highest BCUT2D eigenvalue weighted by molar-refractivity contribution is 6.76. The summed E-state index contributed by atoms with van der Waals surface area (Å²) in [7, 11) is -1.25. The molecule has 0 heterocycles. The Morgan fingerprint density at radius 1 is 1.27 bits per heavy atom. The molecule has 15 heavy (non-hydrogen) atoms. The van der Waals surface area contributed by atoms with Crippen molar-refractivity contribution in [3.63, 3.8) is 0 Å². The molecule has 0 saturated heterocycles. The average molecular weight is 221 g/mol. The van der Waals surface area contributed by atoms with Gasteiger partial charge in [-0.1, -0.05) is 31.8 Å². The van der Waals surface area contributed by atoms with Gasteiger partial charge in [0.15, 0.2) is 0 Å². The third-order valence-corrected chi connectivity index (χ3v) is 3.88. The SMILES string of the molecule is C[Si](C)(C)CC(C#N)c1ccc(F)cc1. The first-order valence-corrected chi connectivity index (χ1v) is 8.78. The monoisotopic (exact) mass is 221 g/mol. The molecule has 1 atom stereocenters. The maximum Gasteiger partial charge on any atom is 0.123 e. The second-order valence-electron chi connectivity index (χ2n) is 5.00. The molecule has 0 aliphatic rings. The Labute approximate surface area is 91.6 Å². The Bertz CT molecular complexity index is 359. The molecule has 0 aliphatic heterocycles. The zero-order chi connectivity index (χ0) is 11.5. The zero-order valence-electron chi connectivity index (χ0n) is 9.42. The van der Waals surface area contributed by atoms with Crippen molar-refractivity contribution in [2.24, 2.45) is 0 Å². The molecule has 0 amide bonds. The molecule has 1 unspecified atom stereocenters. The van der Waals surface area contributed by atoms with Crippen LogP contribution in [0.4, 0.5) is 4.39 Å². The van der Waals surface area contributed by atoms with Crippen molar-refractivity contribution in [2.75, 3.05) is 0 Å². The van der Waals surface area contributed by atoms with Crippen LogP contribution in [-0.2, 0) is 0 Å². The maximum atomic E-state index is 12.7. The van der Waals surface area contributed by atoms with Gasteiger partial charge in [-0.05, 0) is 23.7 Å². The minimum Gasteiger partial charge on any atom is -0.207 e. The summed E-state index contributed by atoms with van der Waals surface area (Å²) in [6.45, 7) is 6.71. The van der Waals surface area contributed by atoms with Gasteiger partial charge in [0.05, 0.1) is 12.0 Å². The molecule has 0 saturated carbocycles. The topological polar surface area (TPSA) is 23.8 Å². The fraction of sp³-hybridized carbons (Fsp3) is 0.417. The quantitative estimate of drug-likeness (QED) is 0.713. The lowest BCUT2D eigenvalue weighted by molar-refractivity contribution is 0.626. The van der Waals surface area contributed by atoms with Crippen LogP contribution in [-0.4, -0.2) is 8.07 Å². The lowest BCUT2D eigenvalue weighted by atomic mass is 10.0. The first kappa shape index (κ1) is 11.9. The molecule has 0 aliphatic carbocycles. The van der Waals surface area contributed by atoms with Crippen molar-refractivity contribution in [3.8, 4) is 6.07 Å². The molecule has 0 spiro atoms. The van der Waals surface area contributed by atoms with Crippen molar-refractivity contribution in [2.45, 2.75) is 31.6 Å². The van der Waals surface area contributed by atoms with Crippen LogP contribution in [0.3, 0.4) is 0 Å². The van der Waals surface area contributed by atoms with Crippen molar-refractivity contribution in [1.82, 2.24) is 0 Å². The van der Waals surface area contributed by atoms with Gasteiger partial charge < -0.3 is 0 Å². The summed E-state index contributed by atoms with van der Waals surface area (Å²) in [5, 5.41) is 9.09. The van der Waals surface area contributed by atoms with Crippen molar-refractivity contribution >= 4 is 8.07 Å². The molecular formula is C12H16FNSi. The van der Waals surface area contributed by atoms with Gasteiger partial charge in [-0.25, -0.2) is 4.39 Å². The van der Waals surface area contributed by atoms with Gasteiger partial charge in [0, 0.05) is 8.07 Å². The normalized spacial score (nSPS) is 13.3. The molecule has 3 heteroatoms. The van der Waals surface area contributed by atoms with Gasteiger partial charge in [-0.2, -0.15) is 5.26 Å². The molecule has 1 aromatic rings. The number of benzene rings is 1. The number of hydrogen-bond acceptors (Lipinski definition) is 1. The number of nitriles is 1. The summed E-state index contributed by atoms with van der Waals surface area (Å²) in [5.41, 5.74) is 0.932. The van der Waals surface area contributed by atoms with Crippen LogP contribution in [0.1, 0.15) is 11.5 Å². The number of nitrogens with zero attached hydrogens (tertiary/aromatic N) is 1. The standard InChI is InChI=1S/C12H16FNSi/c1-15(2,3)9-11(8-14)10-4-6-12(13)7-5-10/h4-7,11H,9H2,1-3H3. The maximum absolute atomic E-state index is 12.7. The first-order chi connectivity index (χ1) is 6.92. The van der Waals surface area contributed by atoms with Crippen LogP contribution in [0, 0.1) is 17.1 Å². The third-order valence-electron chi connectivity index (χ3n) is 2.24. The van der Waals surface area contributed by atoms with Gasteiger partial charge in [-0.15, -0.1) is 0 Å². The highest BCUT2D eigenvalue weighted by Gasteiger charge is 2.21. The Morgan fingerprint density at radius 3 is 2.20 bits per heavy atom. The summed E-state index contributed by atoms with van der Waals surface area (Å²) in [5.74, 6) is -0.333. The molecule has 1 aromatic carbocycles. The van der Waals surface area contributed by atoms with Crippen molar-refractivity contribution in [3.05, 3.63) is 35.6 Å². The van der Waals surface area contributed by atoms with E-state index in [1.54, 1.807) is 12.1 Å². The Balaban J connectivity index is 2.85. The third kappa shape index (κ3) is 3.84. The van der Waals surface area contributed by atoms with E-state index in [0.717, 1.165) is 11.6 Å². The molecule has 80 valence electrons. The van der Waals surface area contributed by atoms with Gasteiger partial charge in [0.25, 0.3) is 0 Å². The lowest BCUT2D eigenvalue weighted by Crippen LogP contribution is -2.22. The number of hydrogen-bond donors (Lipinski definition) is 0. The van der Waals surface area contributed by atoms with Crippen LogP contribution < -0.4 is 0 Å². The summed E-state index contributed by atoms with van der Waals surface area (Å²) < 4.78 is 12.7. The van der Waals surface area contributed by atoms with E-state index < -0.39 is 8.07 Å². The second-order valence-corrected chi connectivity index (χ2v) is 10.5. The summed E-state index contributed by atoms with van der Waals surface area (Å²) >= 11 is 0. The van der Waals surface area contributed by atoms with Crippen LogP contribution in [0.2, 0.25) is 25.7 Å². The van der Waals surface area contributed by atoms with Crippen LogP contribution >= 0.6 is 0 Å². The van der Waals surface area contributed by atoms with E-state index in [1.807, 2.05) is 0 Å². The molecule has 1 rings (SSSR count). The van der Waals surface area contributed by atoms with Crippen LogP contribution in [0.25, 0.3) is 0 Å². The van der Waals surface area contributed by atoms with Crippen molar-refractivity contribution in [1.29, 1.82) is 5.26 Å².